The fraction of sp³-hybridized carbons (Fsp3) is 0.211. The van der Waals surface area contributed by atoms with E-state index in [0.717, 1.165) is 36.7 Å². The monoisotopic (exact) mass is 542 g/mol. The largest absolute Gasteiger partial charge is 0.494 e. The van der Waals surface area contributed by atoms with Crippen LogP contribution in [0.2, 0.25) is 0 Å². The van der Waals surface area contributed by atoms with E-state index in [-0.39, 0.29) is 5.91 Å². The van der Waals surface area contributed by atoms with Crippen LogP contribution in [0.1, 0.15) is 11.1 Å². The average Bonchev–Trinajstić information content (AvgIpc) is 2.96. The first-order valence-corrected chi connectivity index (χ1v) is 10.4. The molecule has 0 radical (unpaired) electrons. The summed E-state index contributed by atoms with van der Waals surface area (Å²) in [6.45, 7) is 0.598. The smallest absolute Gasteiger partial charge is 0.224 e. The van der Waals surface area contributed by atoms with Crippen LogP contribution in [0.25, 0.3) is 10.9 Å². The van der Waals surface area contributed by atoms with Gasteiger partial charge in [0.05, 0.1) is 22.5 Å². The van der Waals surface area contributed by atoms with Crippen molar-refractivity contribution in [1.29, 1.82) is 0 Å². The fourth-order valence-corrected chi connectivity index (χ4v) is 4.83. The number of amides is 1. The number of aromatic nitrogens is 1. The minimum Gasteiger partial charge on any atom is -0.494 e. The zero-order valence-corrected chi connectivity index (χ0v) is 18.8. The van der Waals surface area contributed by atoms with E-state index in [2.05, 4.69) is 70.2 Å². The molecule has 2 N–H and O–H groups in total. The van der Waals surface area contributed by atoms with Crippen LogP contribution in [0.3, 0.4) is 0 Å². The summed E-state index contributed by atoms with van der Waals surface area (Å²) in [5.41, 5.74) is 3.20. The number of carbonyl (C=O) groups is 1. The summed E-state index contributed by atoms with van der Waals surface area (Å²) in [6.07, 6.45) is 3.10. The lowest BCUT2D eigenvalue weighted by Gasteiger charge is -2.10. The van der Waals surface area contributed by atoms with Crippen LogP contribution in [0, 0.1) is 0 Å². The number of rotatable bonds is 6. The average molecular weight is 545 g/mol. The van der Waals surface area contributed by atoms with Crippen LogP contribution in [0.5, 0.6) is 5.75 Å². The number of nitrogens with one attached hydrogen (secondary N) is 2. The Balaban J connectivity index is 1.57. The van der Waals surface area contributed by atoms with E-state index in [4.69, 9.17) is 4.74 Å². The highest BCUT2D eigenvalue weighted by atomic mass is 79.9. The van der Waals surface area contributed by atoms with Crippen LogP contribution >= 0.6 is 47.8 Å². The molecule has 0 unspecified atom stereocenters. The molecule has 3 rings (SSSR count). The van der Waals surface area contributed by atoms with Crippen molar-refractivity contribution >= 4 is 64.6 Å². The highest BCUT2D eigenvalue weighted by Crippen LogP contribution is 2.34. The summed E-state index contributed by atoms with van der Waals surface area (Å²) in [5.74, 6) is 0.719. The first-order valence-electron chi connectivity index (χ1n) is 8.02. The Morgan fingerprint density at radius 1 is 1.15 bits per heavy atom. The van der Waals surface area contributed by atoms with Gasteiger partial charge in [0.1, 0.15) is 5.75 Å². The highest BCUT2D eigenvalue weighted by Gasteiger charge is 2.11. The van der Waals surface area contributed by atoms with E-state index in [1.54, 1.807) is 7.11 Å². The Labute approximate surface area is 177 Å². The number of halogens is 3. The SMILES string of the molecule is COc1c(Br)cc(CC(=O)NCCc2c[nH]c3cc(Br)ccc23)cc1Br. The lowest BCUT2D eigenvalue weighted by atomic mass is 10.1. The first kappa shape index (κ1) is 19.5. The first-order chi connectivity index (χ1) is 12.5. The number of carbonyl (C=O) groups excluding carboxylic acids is 1. The summed E-state index contributed by atoms with van der Waals surface area (Å²) >= 11 is 10.4. The van der Waals surface area contributed by atoms with Crippen molar-refractivity contribution in [3.05, 3.63) is 61.1 Å². The third-order valence-corrected chi connectivity index (χ3v) is 5.74. The Bertz CT molecular complexity index is 930. The van der Waals surface area contributed by atoms with Crippen LogP contribution in [0.15, 0.2) is 49.9 Å². The molecule has 4 nitrogen and oxygen atoms in total. The van der Waals surface area contributed by atoms with Gasteiger partial charge in [-0.2, -0.15) is 0 Å². The normalized spacial score (nSPS) is 10.9. The van der Waals surface area contributed by atoms with Gasteiger partial charge in [0.15, 0.2) is 0 Å². The van der Waals surface area contributed by atoms with Crippen molar-refractivity contribution < 1.29 is 9.53 Å². The van der Waals surface area contributed by atoms with Crippen LogP contribution < -0.4 is 10.1 Å². The van der Waals surface area contributed by atoms with Crippen molar-refractivity contribution in [2.75, 3.05) is 13.7 Å². The van der Waals surface area contributed by atoms with Crippen LogP contribution in [0.4, 0.5) is 0 Å². The number of hydrogen-bond donors (Lipinski definition) is 2. The minimum atomic E-state index is -0.00319. The molecule has 0 aliphatic heterocycles. The summed E-state index contributed by atoms with van der Waals surface area (Å²) in [7, 11) is 1.61. The highest BCUT2D eigenvalue weighted by molar-refractivity contribution is 9.11. The van der Waals surface area contributed by atoms with Crippen LogP contribution in [-0.2, 0) is 17.6 Å². The zero-order chi connectivity index (χ0) is 18.7. The second-order valence-electron chi connectivity index (χ2n) is 5.87. The lowest BCUT2D eigenvalue weighted by molar-refractivity contribution is -0.120. The molecule has 0 spiro atoms. The van der Waals surface area contributed by atoms with E-state index in [0.29, 0.717) is 13.0 Å². The molecule has 7 heteroatoms. The van der Waals surface area contributed by atoms with Gasteiger partial charge >= 0.3 is 0 Å². The third-order valence-electron chi connectivity index (χ3n) is 4.07. The molecular formula is C19H17Br3N2O2. The zero-order valence-electron chi connectivity index (χ0n) is 14.0. The second-order valence-corrected chi connectivity index (χ2v) is 8.50. The predicted molar refractivity (Wildman–Crippen MR) is 115 cm³/mol. The van der Waals surface area contributed by atoms with Crippen molar-refractivity contribution in [3.8, 4) is 5.75 Å². The van der Waals surface area contributed by atoms with Crippen molar-refractivity contribution in [2.24, 2.45) is 0 Å². The quantitative estimate of drug-likeness (QED) is 0.439. The maximum atomic E-state index is 12.2. The van der Waals surface area contributed by atoms with E-state index in [1.807, 2.05) is 24.4 Å². The van der Waals surface area contributed by atoms with Gasteiger partial charge in [-0.15, -0.1) is 0 Å². The molecule has 1 heterocycles. The van der Waals surface area contributed by atoms with E-state index in [9.17, 15) is 4.79 Å². The van der Waals surface area contributed by atoms with Gasteiger partial charge in [-0.05, 0) is 73.7 Å². The van der Waals surface area contributed by atoms with Crippen molar-refractivity contribution in [2.45, 2.75) is 12.8 Å². The van der Waals surface area contributed by atoms with Gasteiger partial charge < -0.3 is 15.0 Å². The van der Waals surface area contributed by atoms with Gasteiger partial charge in [-0.1, -0.05) is 22.0 Å². The molecule has 0 bridgehead atoms. The molecular weight excluding hydrogens is 528 g/mol. The summed E-state index contributed by atoms with van der Waals surface area (Å²) in [5, 5.41) is 4.17. The Kier molecular flexibility index (Phi) is 6.42. The molecule has 136 valence electrons. The fourth-order valence-electron chi connectivity index (χ4n) is 2.86. The predicted octanol–water partition coefficient (Wildman–Crippen LogP) is 5.37. The van der Waals surface area contributed by atoms with Gasteiger partial charge in [0, 0.05) is 28.1 Å². The molecule has 0 saturated heterocycles. The lowest BCUT2D eigenvalue weighted by Crippen LogP contribution is -2.27. The second kappa shape index (κ2) is 8.59. The van der Waals surface area contributed by atoms with Crippen LogP contribution in [-0.4, -0.2) is 24.5 Å². The number of fused-ring (bicyclic) bond motifs is 1. The number of H-pyrrole nitrogens is 1. The molecule has 26 heavy (non-hydrogen) atoms. The van der Waals surface area contributed by atoms with Gasteiger partial charge in [-0.25, -0.2) is 0 Å². The summed E-state index contributed by atoms with van der Waals surface area (Å²) in [6, 6.07) is 9.97. The summed E-state index contributed by atoms with van der Waals surface area (Å²) in [4.78, 5) is 15.5. The number of aromatic amines is 1. The van der Waals surface area contributed by atoms with Gasteiger partial charge in [-0.3, -0.25) is 4.79 Å². The number of ether oxygens (including phenoxy) is 1. The molecule has 1 amide bonds. The van der Waals surface area contributed by atoms with Crippen molar-refractivity contribution in [1.82, 2.24) is 10.3 Å². The topological polar surface area (TPSA) is 54.1 Å². The summed E-state index contributed by atoms with van der Waals surface area (Å²) < 4.78 is 7.97. The van der Waals surface area contributed by atoms with Crippen molar-refractivity contribution in [3.63, 3.8) is 0 Å². The maximum Gasteiger partial charge on any atom is 0.224 e. The Hall–Kier alpha value is -1.31. The van der Waals surface area contributed by atoms with Gasteiger partial charge in [0.2, 0.25) is 5.91 Å². The van der Waals surface area contributed by atoms with Gasteiger partial charge in [0.25, 0.3) is 0 Å². The molecule has 0 saturated carbocycles. The molecule has 0 atom stereocenters. The number of methoxy groups -OCH3 is 1. The van der Waals surface area contributed by atoms with E-state index >= 15 is 0 Å². The molecule has 0 aliphatic rings. The standard InChI is InChI=1S/C19H17Br3N2O2/c1-26-19-15(21)6-11(7-16(19)22)8-18(25)23-5-4-12-10-24-17-9-13(20)2-3-14(12)17/h2-3,6-7,9-10,24H,4-5,8H2,1H3,(H,23,25). The molecule has 1 aromatic heterocycles. The molecule has 0 fully saturated rings. The van der Waals surface area contributed by atoms with E-state index in [1.165, 1.54) is 10.9 Å². The number of hydrogen-bond acceptors (Lipinski definition) is 2. The third kappa shape index (κ3) is 4.50. The maximum absolute atomic E-state index is 12.2. The molecule has 2 aromatic carbocycles. The Morgan fingerprint density at radius 2 is 1.88 bits per heavy atom. The Morgan fingerprint density at radius 3 is 2.58 bits per heavy atom. The van der Waals surface area contributed by atoms with E-state index < -0.39 is 0 Å². The molecule has 0 aliphatic carbocycles. The minimum absolute atomic E-state index is 0.00319. The number of benzene rings is 2. The molecule has 3 aromatic rings.